The number of hydrogen-bond acceptors (Lipinski definition) is 3. The zero-order chi connectivity index (χ0) is 29.0. The molecule has 13 heteroatoms. The zero-order valence-electron chi connectivity index (χ0n) is 20.5. The summed E-state index contributed by atoms with van der Waals surface area (Å²) in [7, 11) is 0. The Bertz CT molecular complexity index is 1130. The highest BCUT2D eigenvalue weighted by Crippen LogP contribution is 2.43. The first-order valence-electron chi connectivity index (χ1n) is 12.0. The molecule has 0 saturated heterocycles. The average molecular weight is 574 g/mol. The Morgan fingerprint density at radius 3 is 1.85 bits per heavy atom. The Morgan fingerprint density at radius 1 is 0.821 bits per heavy atom. The number of halogens is 10. The van der Waals surface area contributed by atoms with E-state index in [2.05, 4.69) is 14.2 Å². The fourth-order valence-electron chi connectivity index (χ4n) is 4.42. The van der Waals surface area contributed by atoms with Gasteiger partial charge in [0.15, 0.2) is 23.6 Å². The van der Waals surface area contributed by atoms with Crippen LogP contribution in [0.1, 0.15) is 57.4 Å². The molecule has 0 aliphatic heterocycles. The molecule has 2 aromatic rings. The van der Waals surface area contributed by atoms with E-state index in [9.17, 15) is 43.9 Å². The first-order valence-corrected chi connectivity index (χ1v) is 12.0. The maximum atomic E-state index is 14.7. The molecule has 0 unspecified atom stereocenters. The first kappa shape index (κ1) is 30.4. The predicted octanol–water partition coefficient (Wildman–Crippen LogP) is 9.46. The molecule has 1 saturated carbocycles. The molecule has 0 radical (unpaired) electrons. The Labute approximate surface area is 217 Å². The molecule has 39 heavy (non-hydrogen) atoms. The lowest BCUT2D eigenvalue weighted by molar-refractivity contribution is -0.223. The van der Waals surface area contributed by atoms with Crippen LogP contribution < -0.4 is 14.2 Å². The molecule has 0 spiro atoms. The lowest BCUT2D eigenvalue weighted by Gasteiger charge is -2.33. The van der Waals surface area contributed by atoms with Crippen LogP contribution >= 0.6 is 0 Å². The third-order valence-electron chi connectivity index (χ3n) is 6.33. The van der Waals surface area contributed by atoms with E-state index in [0.29, 0.717) is 18.8 Å². The lowest BCUT2D eigenvalue weighted by Crippen LogP contribution is -2.37. The van der Waals surface area contributed by atoms with Gasteiger partial charge in [-0.3, -0.25) is 0 Å². The van der Waals surface area contributed by atoms with Crippen LogP contribution in [0.2, 0.25) is 0 Å². The second-order valence-corrected chi connectivity index (χ2v) is 9.15. The van der Waals surface area contributed by atoms with Gasteiger partial charge in [0, 0.05) is 24.3 Å². The number of hydrogen-bond donors (Lipinski definition) is 0. The topological polar surface area (TPSA) is 27.7 Å². The van der Waals surface area contributed by atoms with Gasteiger partial charge < -0.3 is 14.2 Å². The summed E-state index contributed by atoms with van der Waals surface area (Å²) < 4.78 is 152. The SMILES string of the molecule is CCCCC1CCC(C(F)(F)Oc2cc(F)c(C(F)(F)Oc3cc(F)c(OC=C(F)F)c(F)c3)c(F)c2)CC1. The van der Waals surface area contributed by atoms with Crippen LogP contribution in [0.5, 0.6) is 17.2 Å². The summed E-state index contributed by atoms with van der Waals surface area (Å²) in [6.45, 7) is 2.02. The van der Waals surface area contributed by atoms with Gasteiger partial charge in [-0.2, -0.15) is 26.3 Å². The Kier molecular flexibility index (Phi) is 9.65. The second kappa shape index (κ2) is 12.4. The van der Waals surface area contributed by atoms with Crippen molar-refractivity contribution in [3.8, 4) is 17.2 Å². The summed E-state index contributed by atoms with van der Waals surface area (Å²) >= 11 is 0. The third kappa shape index (κ3) is 7.72. The lowest BCUT2D eigenvalue weighted by atomic mass is 9.79. The van der Waals surface area contributed by atoms with Crippen molar-refractivity contribution in [2.75, 3.05) is 0 Å². The van der Waals surface area contributed by atoms with Crippen molar-refractivity contribution in [1.82, 2.24) is 0 Å². The van der Waals surface area contributed by atoms with E-state index in [4.69, 9.17) is 0 Å². The third-order valence-corrected chi connectivity index (χ3v) is 6.33. The van der Waals surface area contributed by atoms with Crippen molar-refractivity contribution in [3.05, 3.63) is 65.4 Å². The number of unbranched alkanes of at least 4 members (excludes halogenated alkanes) is 1. The van der Waals surface area contributed by atoms with E-state index in [0.717, 1.165) is 19.3 Å². The van der Waals surface area contributed by atoms with Gasteiger partial charge >= 0.3 is 18.3 Å². The van der Waals surface area contributed by atoms with Crippen LogP contribution in [-0.2, 0) is 6.11 Å². The van der Waals surface area contributed by atoms with Gasteiger partial charge in [-0.25, -0.2) is 17.6 Å². The molecular weight excluding hydrogens is 550 g/mol. The highest BCUT2D eigenvalue weighted by Gasteiger charge is 2.45. The van der Waals surface area contributed by atoms with Gasteiger partial charge in [0.05, 0.1) is 5.92 Å². The van der Waals surface area contributed by atoms with Crippen LogP contribution in [0.15, 0.2) is 36.6 Å². The minimum absolute atomic E-state index is 0.0983. The van der Waals surface area contributed by atoms with Crippen molar-refractivity contribution in [2.45, 2.75) is 64.1 Å². The number of alkyl halides is 4. The summed E-state index contributed by atoms with van der Waals surface area (Å²) in [5.74, 6) is -12.2. The molecule has 1 aliphatic carbocycles. The minimum Gasteiger partial charge on any atom is -0.453 e. The minimum atomic E-state index is -4.89. The van der Waals surface area contributed by atoms with Gasteiger partial charge in [0.1, 0.15) is 28.7 Å². The van der Waals surface area contributed by atoms with Crippen LogP contribution in [0.4, 0.5) is 43.9 Å². The highest BCUT2D eigenvalue weighted by molar-refractivity contribution is 5.37. The van der Waals surface area contributed by atoms with Crippen molar-refractivity contribution in [3.63, 3.8) is 0 Å². The molecular formula is C26H24F10O3. The van der Waals surface area contributed by atoms with E-state index in [-0.39, 0.29) is 43.4 Å². The van der Waals surface area contributed by atoms with E-state index in [1.807, 2.05) is 6.92 Å². The second-order valence-electron chi connectivity index (χ2n) is 9.15. The van der Waals surface area contributed by atoms with Crippen molar-refractivity contribution in [1.29, 1.82) is 0 Å². The van der Waals surface area contributed by atoms with E-state index >= 15 is 0 Å². The average Bonchev–Trinajstić information content (AvgIpc) is 2.81. The molecule has 0 aromatic heterocycles. The van der Waals surface area contributed by atoms with Crippen LogP contribution in [0.3, 0.4) is 0 Å². The molecule has 0 heterocycles. The Hall–Kier alpha value is -3.12. The largest absolute Gasteiger partial charge is 0.453 e. The monoisotopic (exact) mass is 574 g/mol. The van der Waals surface area contributed by atoms with Crippen molar-refractivity contribution in [2.24, 2.45) is 11.8 Å². The highest BCUT2D eigenvalue weighted by atomic mass is 19.3. The molecule has 216 valence electrons. The van der Waals surface area contributed by atoms with Gasteiger partial charge in [-0.1, -0.05) is 26.2 Å². The smallest absolute Gasteiger partial charge is 0.432 e. The fourth-order valence-corrected chi connectivity index (χ4v) is 4.42. The summed E-state index contributed by atoms with van der Waals surface area (Å²) in [5.41, 5.74) is -2.04. The molecule has 0 bridgehead atoms. The summed E-state index contributed by atoms with van der Waals surface area (Å²) in [6.07, 6.45) is -7.31. The number of rotatable bonds is 11. The summed E-state index contributed by atoms with van der Waals surface area (Å²) in [5, 5.41) is 0. The maximum Gasteiger partial charge on any atom is 0.432 e. The van der Waals surface area contributed by atoms with Crippen LogP contribution in [0, 0.1) is 35.1 Å². The summed E-state index contributed by atoms with van der Waals surface area (Å²) in [4.78, 5) is 0. The van der Waals surface area contributed by atoms with E-state index in [1.165, 1.54) is 0 Å². The molecule has 1 fully saturated rings. The number of ether oxygens (including phenoxy) is 3. The molecule has 1 aliphatic rings. The molecule has 3 nitrogen and oxygen atoms in total. The first-order chi connectivity index (χ1) is 18.2. The maximum absolute atomic E-state index is 14.7. The quantitative estimate of drug-likeness (QED) is 0.198. The zero-order valence-corrected chi connectivity index (χ0v) is 20.5. The fraction of sp³-hybridized carbons (Fsp3) is 0.462. The van der Waals surface area contributed by atoms with E-state index in [1.54, 1.807) is 0 Å². The Morgan fingerprint density at radius 2 is 1.33 bits per heavy atom. The Balaban J connectivity index is 1.75. The van der Waals surface area contributed by atoms with Crippen molar-refractivity contribution >= 4 is 0 Å². The van der Waals surface area contributed by atoms with Gasteiger partial charge in [0.25, 0.3) is 0 Å². The van der Waals surface area contributed by atoms with Crippen molar-refractivity contribution < 1.29 is 58.1 Å². The van der Waals surface area contributed by atoms with Gasteiger partial charge in [-0.15, -0.1) is 0 Å². The molecule has 0 atom stereocenters. The number of benzene rings is 2. The molecule has 0 N–H and O–H groups in total. The molecule has 0 amide bonds. The summed E-state index contributed by atoms with van der Waals surface area (Å²) in [6, 6.07) is 0.432. The van der Waals surface area contributed by atoms with Crippen LogP contribution in [0.25, 0.3) is 0 Å². The molecule has 2 aromatic carbocycles. The van der Waals surface area contributed by atoms with Crippen LogP contribution in [-0.4, -0.2) is 6.11 Å². The predicted molar refractivity (Wildman–Crippen MR) is 119 cm³/mol. The normalized spacial score (nSPS) is 18.0. The van der Waals surface area contributed by atoms with E-state index < -0.39 is 70.3 Å². The standard InChI is InChI=1S/C26H24F10O3/c1-2-3-4-14-5-7-15(8-6-14)25(33,34)38-16-9-18(27)23(19(28)10-16)26(35,36)39-17-11-20(29)24(21(30)12-17)37-13-22(31)32/h9-15H,2-8H2,1H3. The molecule has 3 rings (SSSR count). The van der Waals surface area contributed by atoms with Gasteiger partial charge in [-0.05, 0) is 31.6 Å². The van der Waals surface area contributed by atoms with Gasteiger partial charge in [0.2, 0.25) is 0 Å².